The first kappa shape index (κ1) is 33.8. The highest BCUT2D eigenvalue weighted by Gasteiger charge is 2.39. The smallest absolute Gasteiger partial charge is 0.255 e. The van der Waals surface area contributed by atoms with E-state index >= 15 is 0 Å². The molecule has 3 aromatic rings. The van der Waals surface area contributed by atoms with Crippen molar-refractivity contribution in [3.8, 4) is 5.75 Å². The topological polar surface area (TPSA) is 96.4 Å². The highest BCUT2D eigenvalue weighted by molar-refractivity contribution is 6.05. The fraction of sp³-hybridized carbons (Fsp3) is 0.500. The molecule has 0 bridgehead atoms. The Labute approximate surface area is 301 Å². The Bertz CT molecular complexity index is 1790. The zero-order valence-electron chi connectivity index (χ0n) is 30.0. The molecule has 0 saturated carbocycles. The largest absolute Gasteiger partial charge is 0.508 e. The summed E-state index contributed by atoms with van der Waals surface area (Å²) in [5.74, 6) is 1.90. The van der Waals surface area contributed by atoms with E-state index < -0.39 is 6.04 Å². The van der Waals surface area contributed by atoms with Gasteiger partial charge in [-0.15, -0.1) is 0 Å². The van der Waals surface area contributed by atoms with Crippen molar-refractivity contribution in [2.24, 2.45) is 17.8 Å². The van der Waals surface area contributed by atoms with E-state index in [1.807, 2.05) is 24.3 Å². The van der Waals surface area contributed by atoms with Crippen molar-refractivity contribution in [2.75, 3.05) is 55.6 Å². The molecule has 0 spiro atoms. The number of piperidine rings is 2. The fourth-order valence-electron chi connectivity index (χ4n) is 9.55. The van der Waals surface area contributed by atoms with Crippen LogP contribution in [0.4, 0.5) is 11.4 Å². The quantitative estimate of drug-likeness (QED) is 0.315. The minimum Gasteiger partial charge on any atom is -0.508 e. The molecule has 3 aromatic carbocycles. The van der Waals surface area contributed by atoms with E-state index in [2.05, 4.69) is 70.3 Å². The first-order chi connectivity index (χ1) is 24.7. The first-order valence-electron chi connectivity index (χ1n) is 19.1. The molecular formula is C42H51N5O4. The number of carbonyl (C=O) groups is 3. The second kappa shape index (κ2) is 14.0. The zero-order valence-corrected chi connectivity index (χ0v) is 30.0. The standard InChI is InChI=1S/C42H51N5O4/c1-27(2)35-10-5-30-24-34(48)9-12-36(30)40(35)29-3-6-32(7-4-29)45-17-15-28(16-18-45)25-44-19-21-46(22-20-44)33-8-11-37-31(23-33)26-47(42(37)51)38-13-14-39(49)43-41(38)50/h3-4,6-9,11-12,23-24,27-28,35,38,40,48H,5,10,13-22,25-26H2,1-2H3,(H,43,49,50)/t35-,38+,40+/m0/s1. The lowest BCUT2D eigenvalue weighted by Gasteiger charge is -2.40. The fourth-order valence-corrected chi connectivity index (χ4v) is 9.55. The number of aromatic hydroxyl groups is 1. The summed E-state index contributed by atoms with van der Waals surface area (Å²) < 4.78 is 0. The molecule has 9 nitrogen and oxygen atoms in total. The number of fused-ring (bicyclic) bond motifs is 2. The number of hydrogen-bond acceptors (Lipinski definition) is 7. The van der Waals surface area contributed by atoms with Gasteiger partial charge in [-0.2, -0.15) is 0 Å². The second-order valence-electron chi connectivity index (χ2n) is 15.9. The molecule has 51 heavy (non-hydrogen) atoms. The summed E-state index contributed by atoms with van der Waals surface area (Å²) in [5, 5.41) is 12.5. The first-order valence-corrected chi connectivity index (χ1v) is 19.1. The maximum Gasteiger partial charge on any atom is 0.255 e. The number of anilines is 2. The second-order valence-corrected chi connectivity index (χ2v) is 15.9. The van der Waals surface area contributed by atoms with Gasteiger partial charge in [-0.05, 0) is 115 Å². The summed E-state index contributed by atoms with van der Waals surface area (Å²) in [6.07, 6.45) is 5.26. The zero-order chi connectivity index (χ0) is 35.2. The molecule has 9 heteroatoms. The molecule has 1 aliphatic carbocycles. The Morgan fingerprint density at radius 2 is 1.49 bits per heavy atom. The summed E-state index contributed by atoms with van der Waals surface area (Å²) in [6, 6.07) is 20.9. The Balaban J connectivity index is 0.825. The SMILES string of the molecule is CC(C)[C@@H]1CCc2cc(O)ccc2[C@@H]1c1ccc(N2CCC(CN3CCN(c4ccc5c(c4)CN([C@@H]4CCC(=O)NC4=O)C5=O)CC3)CC2)cc1. The van der Waals surface area contributed by atoms with E-state index in [4.69, 9.17) is 0 Å². The number of nitrogens with one attached hydrogen (secondary N) is 1. The summed E-state index contributed by atoms with van der Waals surface area (Å²) in [6.45, 7) is 12.4. The van der Waals surface area contributed by atoms with Crippen LogP contribution in [-0.4, -0.2) is 84.5 Å². The van der Waals surface area contributed by atoms with Gasteiger partial charge < -0.3 is 19.8 Å². The van der Waals surface area contributed by atoms with Crippen LogP contribution < -0.4 is 15.1 Å². The summed E-state index contributed by atoms with van der Waals surface area (Å²) >= 11 is 0. The Hall–Kier alpha value is -4.37. The Morgan fingerprint density at radius 1 is 0.765 bits per heavy atom. The molecule has 4 aliphatic heterocycles. The molecule has 3 fully saturated rings. The maximum atomic E-state index is 13.1. The van der Waals surface area contributed by atoms with Gasteiger partial charge in [0.2, 0.25) is 11.8 Å². The normalized spacial score (nSPS) is 24.6. The molecule has 0 aromatic heterocycles. The van der Waals surface area contributed by atoms with Gasteiger partial charge in [-0.3, -0.25) is 24.6 Å². The van der Waals surface area contributed by atoms with Gasteiger partial charge in [-0.25, -0.2) is 0 Å². The Morgan fingerprint density at radius 3 is 2.22 bits per heavy atom. The average Bonchev–Trinajstić information content (AvgIpc) is 3.46. The van der Waals surface area contributed by atoms with Crippen LogP contribution in [0, 0.1) is 17.8 Å². The van der Waals surface area contributed by atoms with Crippen molar-refractivity contribution in [3.05, 3.63) is 88.5 Å². The van der Waals surface area contributed by atoms with Crippen molar-refractivity contribution >= 4 is 29.1 Å². The lowest BCUT2D eigenvalue weighted by Crippen LogP contribution is -2.52. The van der Waals surface area contributed by atoms with E-state index in [9.17, 15) is 19.5 Å². The molecule has 5 aliphatic rings. The molecule has 268 valence electrons. The van der Waals surface area contributed by atoms with Gasteiger partial charge in [0.15, 0.2) is 0 Å². The van der Waals surface area contributed by atoms with Crippen LogP contribution in [0.25, 0.3) is 0 Å². The summed E-state index contributed by atoms with van der Waals surface area (Å²) in [5.41, 5.74) is 8.16. The van der Waals surface area contributed by atoms with Crippen LogP contribution in [0.5, 0.6) is 5.75 Å². The average molecular weight is 690 g/mol. The van der Waals surface area contributed by atoms with Gasteiger partial charge in [0.05, 0.1) is 0 Å². The predicted molar refractivity (Wildman–Crippen MR) is 199 cm³/mol. The lowest BCUT2D eigenvalue weighted by atomic mass is 9.68. The number of carbonyl (C=O) groups excluding carboxylic acids is 3. The van der Waals surface area contributed by atoms with Gasteiger partial charge in [0, 0.05) is 81.6 Å². The number of rotatable bonds is 7. The number of nitrogens with zero attached hydrogens (tertiary/aromatic N) is 4. The van der Waals surface area contributed by atoms with Crippen molar-refractivity contribution < 1.29 is 19.5 Å². The summed E-state index contributed by atoms with van der Waals surface area (Å²) in [4.78, 5) is 46.4. The number of hydrogen-bond donors (Lipinski definition) is 2. The third-order valence-electron chi connectivity index (χ3n) is 12.5. The molecule has 3 atom stereocenters. The number of imide groups is 1. The van der Waals surface area contributed by atoms with Crippen molar-refractivity contribution in [2.45, 2.75) is 70.9 Å². The number of phenolic OH excluding ortho intramolecular Hbond substituents is 1. The van der Waals surface area contributed by atoms with Crippen molar-refractivity contribution in [3.63, 3.8) is 0 Å². The predicted octanol–water partition coefficient (Wildman–Crippen LogP) is 5.54. The van der Waals surface area contributed by atoms with Crippen LogP contribution in [0.15, 0.2) is 60.7 Å². The third kappa shape index (κ3) is 6.73. The van der Waals surface area contributed by atoms with Crippen molar-refractivity contribution in [1.29, 1.82) is 0 Å². The minimum absolute atomic E-state index is 0.119. The van der Waals surface area contributed by atoms with Crippen LogP contribution in [0.3, 0.4) is 0 Å². The highest BCUT2D eigenvalue weighted by Crippen LogP contribution is 2.45. The molecule has 4 heterocycles. The van der Waals surface area contributed by atoms with E-state index in [0.29, 0.717) is 48.0 Å². The molecule has 0 unspecified atom stereocenters. The van der Waals surface area contributed by atoms with E-state index in [1.165, 1.54) is 35.2 Å². The summed E-state index contributed by atoms with van der Waals surface area (Å²) in [7, 11) is 0. The minimum atomic E-state index is -0.581. The maximum absolute atomic E-state index is 13.1. The van der Waals surface area contributed by atoms with E-state index in [1.54, 1.807) is 4.90 Å². The van der Waals surface area contributed by atoms with Gasteiger partial charge in [-0.1, -0.05) is 32.0 Å². The number of aryl methyl sites for hydroxylation is 1. The number of piperazine rings is 1. The van der Waals surface area contributed by atoms with Crippen LogP contribution in [0.1, 0.15) is 84.5 Å². The molecule has 3 amide bonds. The number of amides is 3. The molecule has 2 N–H and O–H groups in total. The Kier molecular flexibility index (Phi) is 9.25. The monoisotopic (exact) mass is 689 g/mol. The van der Waals surface area contributed by atoms with E-state index in [-0.39, 0.29) is 24.1 Å². The molecule has 0 radical (unpaired) electrons. The van der Waals surface area contributed by atoms with Gasteiger partial charge in [0.1, 0.15) is 11.8 Å². The van der Waals surface area contributed by atoms with Crippen LogP contribution >= 0.6 is 0 Å². The van der Waals surface area contributed by atoms with Gasteiger partial charge >= 0.3 is 0 Å². The third-order valence-corrected chi connectivity index (χ3v) is 12.5. The van der Waals surface area contributed by atoms with Crippen LogP contribution in [0.2, 0.25) is 0 Å². The lowest BCUT2D eigenvalue weighted by molar-refractivity contribution is -0.136. The van der Waals surface area contributed by atoms with E-state index in [0.717, 1.165) is 69.9 Å². The molecular weight excluding hydrogens is 638 g/mol. The van der Waals surface area contributed by atoms with Crippen molar-refractivity contribution in [1.82, 2.24) is 15.1 Å². The molecule has 3 saturated heterocycles. The highest BCUT2D eigenvalue weighted by atomic mass is 16.3. The molecule has 8 rings (SSSR count). The number of benzene rings is 3. The van der Waals surface area contributed by atoms with Gasteiger partial charge in [0.25, 0.3) is 5.91 Å². The number of phenols is 1. The van der Waals surface area contributed by atoms with Crippen LogP contribution in [-0.2, 0) is 22.6 Å².